The van der Waals surface area contributed by atoms with Crippen LogP contribution >= 0.6 is 11.3 Å². The average Bonchev–Trinajstić information content (AvgIpc) is 3.27. The Hall–Kier alpha value is -3.39. The van der Waals surface area contributed by atoms with E-state index in [1.165, 1.54) is 24.1 Å². The number of thiophene rings is 1. The van der Waals surface area contributed by atoms with Crippen molar-refractivity contribution in [3.63, 3.8) is 0 Å². The topological polar surface area (TPSA) is 81.9 Å². The zero-order valence-electron chi connectivity index (χ0n) is 17.2. The van der Waals surface area contributed by atoms with Crippen molar-refractivity contribution in [2.75, 3.05) is 20.3 Å². The van der Waals surface area contributed by atoms with Crippen LogP contribution in [0.15, 0.2) is 53.9 Å². The number of nitrogens with zero attached hydrogens (tertiary/aromatic N) is 2. The highest BCUT2D eigenvalue weighted by Crippen LogP contribution is 2.41. The summed E-state index contributed by atoms with van der Waals surface area (Å²) in [6.45, 7) is 2.62. The smallest absolute Gasteiger partial charge is 0.286 e. The molecule has 0 saturated heterocycles. The number of fused-ring (bicyclic) bond motifs is 1. The molecule has 0 aliphatic carbocycles. The van der Waals surface area contributed by atoms with Crippen LogP contribution in [0.1, 0.15) is 39.3 Å². The van der Waals surface area contributed by atoms with Crippen LogP contribution in [0, 0.1) is 10.1 Å². The van der Waals surface area contributed by atoms with Crippen molar-refractivity contribution in [2.24, 2.45) is 0 Å². The first-order chi connectivity index (χ1) is 15.0. The molecule has 4 rings (SSSR count). The SMILES string of the molecule is CCOc1cc(C(=O)N2CCc3sccc3C2c2ccccc2)c([N+](=O)[O-])cc1OC. The van der Waals surface area contributed by atoms with Crippen LogP contribution in [-0.2, 0) is 6.42 Å². The lowest BCUT2D eigenvalue weighted by atomic mass is 9.92. The molecule has 0 bridgehead atoms. The fourth-order valence-corrected chi connectivity index (χ4v) is 4.89. The number of methoxy groups -OCH3 is 1. The number of benzene rings is 2. The van der Waals surface area contributed by atoms with Crippen molar-refractivity contribution in [1.29, 1.82) is 0 Å². The standard InChI is InChI=1S/C23H22N2O5S/c1-3-30-20-13-17(18(25(27)28)14-19(20)29-2)23(26)24-11-9-21-16(10-12-31-21)22(24)15-7-5-4-6-8-15/h4-8,10,12-14,22H,3,9,11H2,1-2H3. The summed E-state index contributed by atoms with van der Waals surface area (Å²) in [5, 5.41) is 13.8. The Morgan fingerprint density at radius 1 is 1.23 bits per heavy atom. The molecule has 7 nitrogen and oxygen atoms in total. The van der Waals surface area contributed by atoms with E-state index in [1.54, 1.807) is 23.2 Å². The molecule has 0 fully saturated rings. The van der Waals surface area contributed by atoms with E-state index in [0.717, 1.165) is 11.1 Å². The maximum absolute atomic E-state index is 13.7. The van der Waals surface area contributed by atoms with Crippen LogP contribution in [0.5, 0.6) is 11.5 Å². The van der Waals surface area contributed by atoms with Gasteiger partial charge in [0.1, 0.15) is 5.56 Å². The van der Waals surface area contributed by atoms with Gasteiger partial charge in [0.15, 0.2) is 11.5 Å². The first-order valence-corrected chi connectivity index (χ1v) is 10.8. The number of carbonyl (C=O) groups excluding carboxylic acids is 1. The van der Waals surface area contributed by atoms with E-state index >= 15 is 0 Å². The third kappa shape index (κ3) is 3.86. The lowest BCUT2D eigenvalue weighted by Gasteiger charge is -2.36. The maximum atomic E-state index is 13.7. The average molecular weight is 439 g/mol. The molecular weight excluding hydrogens is 416 g/mol. The Bertz CT molecular complexity index is 1110. The predicted octanol–water partition coefficient (Wildman–Crippen LogP) is 4.85. The highest BCUT2D eigenvalue weighted by molar-refractivity contribution is 7.10. The highest BCUT2D eigenvalue weighted by Gasteiger charge is 2.36. The first kappa shape index (κ1) is 20.9. The molecule has 0 saturated carbocycles. The van der Waals surface area contributed by atoms with Crippen LogP contribution in [0.3, 0.4) is 0 Å². The minimum Gasteiger partial charge on any atom is -0.493 e. The van der Waals surface area contributed by atoms with E-state index in [2.05, 4.69) is 0 Å². The molecule has 0 spiro atoms. The zero-order valence-corrected chi connectivity index (χ0v) is 18.1. The Morgan fingerprint density at radius 3 is 2.68 bits per heavy atom. The Labute approximate surface area is 184 Å². The van der Waals surface area contributed by atoms with E-state index in [1.807, 2.05) is 41.8 Å². The van der Waals surface area contributed by atoms with Gasteiger partial charge in [-0.2, -0.15) is 0 Å². The summed E-state index contributed by atoms with van der Waals surface area (Å²) in [5.41, 5.74) is 1.73. The number of ether oxygens (including phenoxy) is 2. The van der Waals surface area contributed by atoms with Crippen LogP contribution in [0.4, 0.5) is 5.69 Å². The quantitative estimate of drug-likeness (QED) is 0.406. The van der Waals surface area contributed by atoms with Gasteiger partial charge in [0.25, 0.3) is 11.6 Å². The fraction of sp³-hybridized carbons (Fsp3) is 0.261. The molecule has 0 N–H and O–H groups in total. The van der Waals surface area contributed by atoms with E-state index < -0.39 is 10.8 Å². The lowest BCUT2D eigenvalue weighted by molar-refractivity contribution is -0.385. The van der Waals surface area contributed by atoms with Gasteiger partial charge >= 0.3 is 0 Å². The normalized spacial score (nSPS) is 15.3. The van der Waals surface area contributed by atoms with Gasteiger partial charge in [-0.25, -0.2) is 0 Å². The molecule has 1 atom stereocenters. The van der Waals surface area contributed by atoms with Gasteiger partial charge in [0.2, 0.25) is 0 Å². The van der Waals surface area contributed by atoms with Gasteiger partial charge in [0.05, 0.1) is 30.7 Å². The lowest BCUT2D eigenvalue weighted by Crippen LogP contribution is -2.40. The molecule has 8 heteroatoms. The van der Waals surface area contributed by atoms with Gasteiger partial charge in [-0.15, -0.1) is 11.3 Å². The van der Waals surface area contributed by atoms with Crippen LogP contribution in [-0.4, -0.2) is 36.0 Å². The molecule has 1 unspecified atom stereocenters. The van der Waals surface area contributed by atoms with Gasteiger partial charge in [-0.05, 0) is 35.9 Å². The van der Waals surface area contributed by atoms with E-state index in [4.69, 9.17) is 9.47 Å². The number of hydrogen-bond donors (Lipinski definition) is 0. The molecule has 1 aliphatic heterocycles. The number of amides is 1. The van der Waals surface area contributed by atoms with E-state index in [-0.39, 0.29) is 23.0 Å². The number of carbonyl (C=O) groups is 1. The molecule has 1 aliphatic rings. The third-order valence-corrected chi connectivity index (χ3v) is 6.35. The van der Waals surface area contributed by atoms with Crippen LogP contribution < -0.4 is 9.47 Å². The maximum Gasteiger partial charge on any atom is 0.286 e. The van der Waals surface area contributed by atoms with E-state index in [9.17, 15) is 14.9 Å². The minimum absolute atomic E-state index is 0.00568. The van der Waals surface area contributed by atoms with Crippen LogP contribution in [0.25, 0.3) is 0 Å². The predicted molar refractivity (Wildman–Crippen MR) is 118 cm³/mol. The number of rotatable bonds is 6. The van der Waals surface area contributed by atoms with Gasteiger partial charge in [-0.3, -0.25) is 14.9 Å². The third-order valence-electron chi connectivity index (χ3n) is 5.35. The molecule has 31 heavy (non-hydrogen) atoms. The molecule has 2 heterocycles. The molecule has 1 aromatic heterocycles. The highest BCUT2D eigenvalue weighted by atomic mass is 32.1. The van der Waals surface area contributed by atoms with Gasteiger partial charge in [-0.1, -0.05) is 30.3 Å². The number of nitro groups is 1. The second-order valence-corrected chi connectivity index (χ2v) is 8.07. The Kier molecular flexibility index (Phi) is 5.90. The summed E-state index contributed by atoms with van der Waals surface area (Å²) in [6, 6.07) is 14.2. The summed E-state index contributed by atoms with van der Waals surface area (Å²) < 4.78 is 10.8. The van der Waals surface area contributed by atoms with Crippen molar-refractivity contribution in [3.8, 4) is 11.5 Å². The van der Waals surface area contributed by atoms with E-state index in [0.29, 0.717) is 25.3 Å². The summed E-state index contributed by atoms with van der Waals surface area (Å²) in [6.07, 6.45) is 0.713. The van der Waals surface area contributed by atoms with Crippen molar-refractivity contribution >= 4 is 22.9 Å². The Morgan fingerprint density at radius 2 is 2.00 bits per heavy atom. The monoisotopic (exact) mass is 438 g/mol. The fourth-order valence-electron chi connectivity index (χ4n) is 3.98. The summed E-state index contributed by atoms with van der Waals surface area (Å²) >= 11 is 1.67. The second kappa shape index (κ2) is 8.77. The first-order valence-electron chi connectivity index (χ1n) is 9.96. The van der Waals surface area contributed by atoms with Crippen molar-refractivity contribution in [3.05, 3.63) is 85.6 Å². The van der Waals surface area contributed by atoms with Crippen molar-refractivity contribution in [1.82, 2.24) is 4.90 Å². The summed E-state index contributed by atoms with van der Waals surface area (Å²) in [7, 11) is 1.41. The van der Waals surface area contributed by atoms with Crippen molar-refractivity contribution in [2.45, 2.75) is 19.4 Å². The molecule has 160 valence electrons. The van der Waals surface area contributed by atoms with Gasteiger partial charge in [0, 0.05) is 17.5 Å². The second-order valence-electron chi connectivity index (χ2n) is 7.07. The molecule has 0 radical (unpaired) electrons. The van der Waals surface area contributed by atoms with Gasteiger partial charge < -0.3 is 14.4 Å². The number of nitro benzene ring substituents is 1. The summed E-state index contributed by atoms with van der Waals surface area (Å²) in [5.74, 6) is 0.132. The summed E-state index contributed by atoms with van der Waals surface area (Å²) in [4.78, 5) is 27.9. The van der Waals surface area contributed by atoms with Crippen molar-refractivity contribution < 1.29 is 19.2 Å². The van der Waals surface area contributed by atoms with Crippen LogP contribution in [0.2, 0.25) is 0 Å². The Balaban J connectivity index is 1.83. The molecule has 3 aromatic rings. The number of hydrogen-bond acceptors (Lipinski definition) is 6. The largest absolute Gasteiger partial charge is 0.493 e. The minimum atomic E-state index is -0.553. The molecular formula is C23H22N2O5S. The molecule has 1 amide bonds. The zero-order chi connectivity index (χ0) is 22.0. The molecule has 2 aromatic carbocycles.